The number of carboxylic acids is 1. The molecule has 1 amide bonds. The molecule has 0 spiro atoms. The predicted octanol–water partition coefficient (Wildman–Crippen LogP) is 0.150. The van der Waals surface area contributed by atoms with E-state index in [1.807, 2.05) is 6.08 Å². The number of hydrogen-bond donors (Lipinski definition) is 3. The van der Waals surface area contributed by atoms with E-state index in [1.54, 1.807) is 13.0 Å². The summed E-state index contributed by atoms with van der Waals surface area (Å²) in [6, 6.07) is 0. The SMILES string of the molecule is C[C@@H](O)CNC(=O)[C@@H]1CC=CC[C@@H]1C(=O)O. The van der Waals surface area contributed by atoms with Crippen molar-refractivity contribution in [1.29, 1.82) is 0 Å². The molecule has 16 heavy (non-hydrogen) atoms. The average molecular weight is 227 g/mol. The molecule has 0 unspecified atom stereocenters. The lowest BCUT2D eigenvalue weighted by Crippen LogP contribution is -2.41. The lowest BCUT2D eigenvalue weighted by molar-refractivity contribution is -0.147. The van der Waals surface area contributed by atoms with Crippen LogP contribution in [0.2, 0.25) is 0 Å². The zero-order chi connectivity index (χ0) is 12.1. The van der Waals surface area contributed by atoms with Gasteiger partial charge in [-0.2, -0.15) is 0 Å². The first-order valence-corrected chi connectivity index (χ1v) is 5.36. The Kier molecular flexibility index (Phi) is 4.49. The standard InChI is InChI=1S/C11H17NO4/c1-7(13)6-12-10(14)8-4-2-3-5-9(8)11(15)16/h2-3,7-9,13H,4-6H2,1H3,(H,12,14)(H,15,16)/t7-,8-,9+/m1/s1. The Morgan fingerprint density at radius 2 is 1.94 bits per heavy atom. The van der Waals surface area contributed by atoms with Gasteiger partial charge in [-0.1, -0.05) is 12.2 Å². The number of carbonyl (C=O) groups excluding carboxylic acids is 1. The van der Waals surface area contributed by atoms with Gasteiger partial charge in [0.2, 0.25) is 5.91 Å². The maximum atomic E-state index is 11.7. The number of amides is 1. The fourth-order valence-electron chi connectivity index (χ4n) is 1.76. The molecule has 90 valence electrons. The van der Waals surface area contributed by atoms with E-state index in [0.29, 0.717) is 12.8 Å². The number of carboxylic acid groups (broad SMARTS) is 1. The van der Waals surface area contributed by atoms with Crippen LogP contribution in [-0.4, -0.2) is 34.7 Å². The van der Waals surface area contributed by atoms with Crippen LogP contribution in [0.3, 0.4) is 0 Å². The molecule has 3 N–H and O–H groups in total. The molecule has 5 heteroatoms. The third kappa shape index (κ3) is 3.34. The molecular formula is C11H17NO4. The molecule has 0 aromatic carbocycles. The first kappa shape index (κ1) is 12.7. The third-order valence-corrected chi connectivity index (χ3v) is 2.66. The minimum absolute atomic E-state index is 0.158. The van der Waals surface area contributed by atoms with Crippen LogP contribution in [0.5, 0.6) is 0 Å². The van der Waals surface area contributed by atoms with Gasteiger partial charge in [0.25, 0.3) is 0 Å². The summed E-state index contributed by atoms with van der Waals surface area (Å²) in [6.07, 6.45) is 3.83. The van der Waals surface area contributed by atoms with Crippen molar-refractivity contribution >= 4 is 11.9 Å². The Hall–Kier alpha value is -1.36. The molecule has 0 aromatic heterocycles. The molecule has 0 radical (unpaired) electrons. The molecule has 0 fully saturated rings. The fraction of sp³-hybridized carbons (Fsp3) is 0.636. The lowest BCUT2D eigenvalue weighted by atomic mass is 9.82. The van der Waals surface area contributed by atoms with E-state index < -0.39 is 23.9 Å². The summed E-state index contributed by atoms with van der Waals surface area (Å²) in [6.45, 7) is 1.72. The van der Waals surface area contributed by atoms with Crippen LogP contribution in [-0.2, 0) is 9.59 Å². The highest BCUT2D eigenvalue weighted by molar-refractivity contribution is 5.85. The van der Waals surface area contributed by atoms with Gasteiger partial charge in [0.15, 0.2) is 0 Å². The third-order valence-electron chi connectivity index (χ3n) is 2.66. The maximum absolute atomic E-state index is 11.7. The number of rotatable bonds is 4. The number of aliphatic carboxylic acids is 1. The van der Waals surface area contributed by atoms with Gasteiger partial charge < -0.3 is 15.5 Å². The topological polar surface area (TPSA) is 86.6 Å². The predicted molar refractivity (Wildman–Crippen MR) is 57.7 cm³/mol. The van der Waals surface area contributed by atoms with E-state index in [-0.39, 0.29) is 12.5 Å². The van der Waals surface area contributed by atoms with Crippen LogP contribution in [0.15, 0.2) is 12.2 Å². The molecule has 0 aliphatic heterocycles. The van der Waals surface area contributed by atoms with Crippen molar-refractivity contribution in [3.63, 3.8) is 0 Å². The van der Waals surface area contributed by atoms with Crippen molar-refractivity contribution in [2.45, 2.75) is 25.9 Å². The van der Waals surface area contributed by atoms with Crippen LogP contribution in [0.25, 0.3) is 0 Å². The summed E-state index contributed by atoms with van der Waals surface area (Å²) in [4.78, 5) is 22.6. The van der Waals surface area contributed by atoms with Crippen molar-refractivity contribution < 1.29 is 19.8 Å². The van der Waals surface area contributed by atoms with Gasteiger partial charge in [-0.25, -0.2) is 0 Å². The van der Waals surface area contributed by atoms with Gasteiger partial charge in [-0.3, -0.25) is 9.59 Å². The number of carbonyl (C=O) groups is 2. The highest BCUT2D eigenvalue weighted by Gasteiger charge is 2.33. The molecule has 0 aromatic rings. The smallest absolute Gasteiger partial charge is 0.307 e. The Morgan fingerprint density at radius 1 is 1.38 bits per heavy atom. The first-order valence-electron chi connectivity index (χ1n) is 5.36. The molecule has 0 bridgehead atoms. The summed E-state index contributed by atoms with van der Waals surface area (Å²) in [5.41, 5.74) is 0. The van der Waals surface area contributed by atoms with Gasteiger partial charge in [0.05, 0.1) is 17.9 Å². The highest BCUT2D eigenvalue weighted by Crippen LogP contribution is 2.25. The van der Waals surface area contributed by atoms with E-state index in [2.05, 4.69) is 5.32 Å². The number of aliphatic hydroxyl groups is 1. The number of hydrogen-bond acceptors (Lipinski definition) is 3. The zero-order valence-corrected chi connectivity index (χ0v) is 9.22. The molecular weight excluding hydrogens is 210 g/mol. The van der Waals surface area contributed by atoms with Gasteiger partial charge in [-0.15, -0.1) is 0 Å². The Morgan fingerprint density at radius 3 is 2.44 bits per heavy atom. The van der Waals surface area contributed by atoms with Gasteiger partial charge in [-0.05, 0) is 19.8 Å². The second kappa shape index (κ2) is 5.65. The van der Waals surface area contributed by atoms with Gasteiger partial charge in [0, 0.05) is 6.54 Å². The lowest BCUT2D eigenvalue weighted by Gasteiger charge is -2.24. The molecule has 1 aliphatic carbocycles. The Balaban J connectivity index is 2.58. The van der Waals surface area contributed by atoms with Crippen LogP contribution in [0.1, 0.15) is 19.8 Å². The van der Waals surface area contributed by atoms with E-state index >= 15 is 0 Å². The molecule has 0 heterocycles. The van der Waals surface area contributed by atoms with Crippen molar-refractivity contribution in [1.82, 2.24) is 5.32 Å². The minimum atomic E-state index is -0.943. The quantitative estimate of drug-likeness (QED) is 0.597. The second-order valence-electron chi connectivity index (χ2n) is 4.09. The summed E-state index contributed by atoms with van der Waals surface area (Å²) in [5, 5.41) is 20.6. The molecule has 3 atom stereocenters. The average Bonchev–Trinajstić information content (AvgIpc) is 2.25. The van der Waals surface area contributed by atoms with Crippen LogP contribution in [0.4, 0.5) is 0 Å². The van der Waals surface area contributed by atoms with E-state index in [0.717, 1.165) is 0 Å². The normalized spacial score (nSPS) is 26.1. The molecule has 0 saturated heterocycles. The zero-order valence-electron chi connectivity index (χ0n) is 9.22. The largest absolute Gasteiger partial charge is 0.481 e. The molecule has 0 saturated carbocycles. The van der Waals surface area contributed by atoms with Crippen molar-refractivity contribution in [2.75, 3.05) is 6.54 Å². The van der Waals surface area contributed by atoms with Crippen LogP contribution < -0.4 is 5.32 Å². The Labute approximate surface area is 94.2 Å². The van der Waals surface area contributed by atoms with Gasteiger partial charge in [0.1, 0.15) is 0 Å². The molecule has 1 aliphatic rings. The van der Waals surface area contributed by atoms with Crippen molar-refractivity contribution in [3.8, 4) is 0 Å². The Bertz CT molecular complexity index is 298. The van der Waals surface area contributed by atoms with Crippen molar-refractivity contribution in [2.24, 2.45) is 11.8 Å². The number of allylic oxidation sites excluding steroid dienone is 2. The summed E-state index contributed by atoms with van der Waals surface area (Å²) in [5.74, 6) is -2.42. The fourth-order valence-corrected chi connectivity index (χ4v) is 1.76. The van der Waals surface area contributed by atoms with E-state index in [1.165, 1.54) is 0 Å². The number of nitrogens with one attached hydrogen (secondary N) is 1. The minimum Gasteiger partial charge on any atom is -0.481 e. The molecule has 5 nitrogen and oxygen atoms in total. The summed E-state index contributed by atoms with van der Waals surface area (Å²) < 4.78 is 0. The second-order valence-corrected chi connectivity index (χ2v) is 4.09. The van der Waals surface area contributed by atoms with Gasteiger partial charge >= 0.3 is 5.97 Å². The van der Waals surface area contributed by atoms with Crippen LogP contribution in [0, 0.1) is 11.8 Å². The van der Waals surface area contributed by atoms with E-state index in [4.69, 9.17) is 10.2 Å². The number of aliphatic hydroxyl groups excluding tert-OH is 1. The molecule has 1 rings (SSSR count). The maximum Gasteiger partial charge on any atom is 0.307 e. The van der Waals surface area contributed by atoms with Crippen molar-refractivity contribution in [3.05, 3.63) is 12.2 Å². The summed E-state index contributed by atoms with van der Waals surface area (Å²) in [7, 11) is 0. The highest BCUT2D eigenvalue weighted by atomic mass is 16.4. The van der Waals surface area contributed by atoms with E-state index in [9.17, 15) is 9.59 Å². The summed E-state index contributed by atoms with van der Waals surface area (Å²) >= 11 is 0. The van der Waals surface area contributed by atoms with Crippen LogP contribution >= 0.6 is 0 Å². The first-order chi connectivity index (χ1) is 7.52. The monoisotopic (exact) mass is 227 g/mol.